The zero-order chi connectivity index (χ0) is 15.4. The molecule has 114 valence electrons. The van der Waals surface area contributed by atoms with Crippen molar-refractivity contribution < 1.29 is 19.1 Å². The highest BCUT2D eigenvalue weighted by molar-refractivity contribution is 9.10. The fraction of sp³-hybridized carbons (Fsp3) is 0.429. The Bertz CT molecular complexity index is 533. The number of nitrogens with zero attached hydrogens (tertiary/aromatic N) is 1. The lowest BCUT2D eigenvalue weighted by atomic mass is 10.0. The summed E-state index contributed by atoms with van der Waals surface area (Å²) < 4.78 is 14.2. The van der Waals surface area contributed by atoms with Gasteiger partial charge in [-0.05, 0) is 43.1 Å². The van der Waals surface area contributed by atoms with E-state index in [2.05, 4.69) is 21.2 Å². The summed E-state index contributed by atoms with van der Waals surface area (Å²) in [6.07, 6.45) is 1.77. The Morgan fingerprint density at radius 2 is 2.19 bits per heavy atom. The molecule has 1 aromatic carbocycles. The van der Waals surface area contributed by atoms with Crippen LogP contribution in [0.4, 0.5) is 4.39 Å². The predicted molar refractivity (Wildman–Crippen MR) is 78.3 cm³/mol. The molecule has 0 aromatic heterocycles. The van der Waals surface area contributed by atoms with E-state index in [9.17, 15) is 14.0 Å². The fourth-order valence-electron chi connectivity index (χ4n) is 2.57. The number of halogens is 2. The first-order valence-corrected chi connectivity index (χ1v) is 7.43. The average molecular weight is 359 g/mol. The number of hydrogen-bond acceptors (Lipinski definition) is 3. The highest BCUT2D eigenvalue weighted by atomic mass is 79.9. The van der Waals surface area contributed by atoms with E-state index in [0.29, 0.717) is 4.47 Å². The summed E-state index contributed by atoms with van der Waals surface area (Å²) >= 11 is 3.27. The first-order valence-electron chi connectivity index (χ1n) is 6.64. The van der Waals surface area contributed by atoms with Crippen LogP contribution < -0.4 is 5.32 Å². The lowest BCUT2D eigenvalue weighted by molar-refractivity contribution is -0.138. The Balaban J connectivity index is 2.03. The number of amides is 1. The molecule has 1 heterocycles. The third-order valence-electron chi connectivity index (χ3n) is 3.42. The van der Waals surface area contributed by atoms with Crippen LogP contribution in [-0.4, -0.2) is 41.5 Å². The average Bonchev–Trinajstić information content (AvgIpc) is 2.83. The lowest BCUT2D eigenvalue weighted by Gasteiger charge is -2.24. The highest BCUT2D eigenvalue weighted by Gasteiger charge is 2.28. The fourth-order valence-corrected chi connectivity index (χ4v) is 3.06. The van der Waals surface area contributed by atoms with Gasteiger partial charge in [0, 0.05) is 10.5 Å². The van der Waals surface area contributed by atoms with Gasteiger partial charge < -0.3 is 10.4 Å². The molecule has 1 aliphatic rings. The van der Waals surface area contributed by atoms with Gasteiger partial charge in [-0.2, -0.15) is 0 Å². The molecule has 7 heteroatoms. The summed E-state index contributed by atoms with van der Waals surface area (Å²) in [6.45, 7) is 0.466. The summed E-state index contributed by atoms with van der Waals surface area (Å²) in [6, 6.07) is 4.69. The second-order valence-corrected chi connectivity index (χ2v) is 5.92. The van der Waals surface area contributed by atoms with Crippen molar-refractivity contribution in [3.63, 3.8) is 0 Å². The van der Waals surface area contributed by atoms with Crippen LogP contribution in [0.15, 0.2) is 22.7 Å². The topological polar surface area (TPSA) is 69.6 Å². The van der Waals surface area contributed by atoms with Gasteiger partial charge in [0.05, 0.1) is 6.54 Å². The molecular weight excluding hydrogens is 343 g/mol. The summed E-state index contributed by atoms with van der Waals surface area (Å²) in [5.41, 5.74) is 0.824. The van der Waals surface area contributed by atoms with Gasteiger partial charge >= 0.3 is 5.97 Å². The second kappa shape index (κ2) is 7.00. The number of carboxylic acids is 1. The molecule has 1 unspecified atom stereocenters. The molecule has 1 aromatic rings. The van der Waals surface area contributed by atoms with E-state index < -0.39 is 5.97 Å². The van der Waals surface area contributed by atoms with Crippen molar-refractivity contribution in [1.29, 1.82) is 0 Å². The largest absolute Gasteiger partial charge is 0.480 e. The third-order valence-corrected chi connectivity index (χ3v) is 3.87. The minimum Gasteiger partial charge on any atom is -0.480 e. The third kappa shape index (κ3) is 4.50. The van der Waals surface area contributed by atoms with Crippen LogP contribution in [0.3, 0.4) is 0 Å². The van der Waals surface area contributed by atoms with E-state index in [1.54, 1.807) is 0 Å². The smallest absolute Gasteiger partial charge is 0.322 e. The number of carbonyl (C=O) groups is 2. The Morgan fingerprint density at radius 1 is 1.43 bits per heavy atom. The van der Waals surface area contributed by atoms with Crippen LogP contribution in [0, 0.1) is 5.82 Å². The quantitative estimate of drug-likeness (QED) is 0.843. The van der Waals surface area contributed by atoms with Crippen molar-refractivity contribution in [3.05, 3.63) is 34.1 Å². The van der Waals surface area contributed by atoms with Crippen LogP contribution in [-0.2, 0) is 9.59 Å². The van der Waals surface area contributed by atoms with E-state index in [4.69, 9.17) is 5.11 Å². The molecule has 2 N–H and O–H groups in total. The Kier molecular flexibility index (Phi) is 5.30. The highest BCUT2D eigenvalue weighted by Crippen LogP contribution is 2.33. The van der Waals surface area contributed by atoms with Gasteiger partial charge in [-0.3, -0.25) is 14.5 Å². The van der Waals surface area contributed by atoms with Gasteiger partial charge in [-0.15, -0.1) is 0 Å². The SMILES string of the molecule is O=C(O)CNC(=O)CN1CCCC1c1cc(F)cc(Br)c1. The van der Waals surface area contributed by atoms with Gasteiger partial charge in [0.25, 0.3) is 0 Å². The molecule has 1 aliphatic heterocycles. The number of hydrogen-bond donors (Lipinski definition) is 2. The van der Waals surface area contributed by atoms with E-state index in [1.807, 2.05) is 11.0 Å². The van der Waals surface area contributed by atoms with Crippen molar-refractivity contribution in [2.24, 2.45) is 0 Å². The Labute approximate surface area is 130 Å². The molecule has 0 radical (unpaired) electrons. The molecular formula is C14H16BrFN2O3. The molecule has 21 heavy (non-hydrogen) atoms. The molecule has 0 aliphatic carbocycles. The Hall–Kier alpha value is -1.47. The number of likely N-dealkylation sites (tertiary alicyclic amines) is 1. The van der Waals surface area contributed by atoms with Crippen LogP contribution in [0.25, 0.3) is 0 Å². The predicted octanol–water partition coefficient (Wildman–Crippen LogP) is 1.93. The van der Waals surface area contributed by atoms with Gasteiger partial charge in [0.2, 0.25) is 5.91 Å². The normalized spacial score (nSPS) is 18.7. The van der Waals surface area contributed by atoms with Gasteiger partial charge in [-0.25, -0.2) is 4.39 Å². The van der Waals surface area contributed by atoms with E-state index in [0.717, 1.165) is 24.9 Å². The molecule has 0 saturated carbocycles. The van der Waals surface area contributed by atoms with E-state index >= 15 is 0 Å². The second-order valence-electron chi connectivity index (χ2n) is 5.00. The first-order chi connectivity index (χ1) is 9.95. The number of carbonyl (C=O) groups excluding carboxylic acids is 1. The number of nitrogens with one attached hydrogen (secondary N) is 1. The minimum atomic E-state index is -1.07. The number of benzene rings is 1. The molecule has 0 bridgehead atoms. The van der Waals surface area contributed by atoms with Crippen molar-refractivity contribution >= 4 is 27.8 Å². The van der Waals surface area contributed by atoms with Crippen LogP contribution in [0.1, 0.15) is 24.4 Å². The van der Waals surface area contributed by atoms with E-state index in [-0.39, 0.29) is 30.9 Å². The summed E-state index contributed by atoms with van der Waals surface area (Å²) in [7, 11) is 0. The van der Waals surface area contributed by atoms with E-state index in [1.165, 1.54) is 12.1 Å². The molecule has 5 nitrogen and oxygen atoms in total. The molecule has 1 saturated heterocycles. The number of rotatable bonds is 5. The maximum atomic E-state index is 13.5. The maximum Gasteiger partial charge on any atom is 0.322 e. The van der Waals surface area contributed by atoms with Gasteiger partial charge in [0.15, 0.2) is 0 Å². The molecule has 1 fully saturated rings. The Morgan fingerprint density at radius 3 is 2.86 bits per heavy atom. The maximum absolute atomic E-state index is 13.5. The van der Waals surface area contributed by atoms with Crippen molar-refractivity contribution in [2.45, 2.75) is 18.9 Å². The summed E-state index contributed by atoms with van der Waals surface area (Å²) in [5.74, 6) is -1.73. The van der Waals surface area contributed by atoms with Gasteiger partial charge in [0.1, 0.15) is 12.4 Å². The zero-order valence-corrected chi connectivity index (χ0v) is 12.9. The summed E-state index contributed by atoms with van der Waals surface area (Å²) in [4.78, 5) is 24.1. The molecule has 2 rings (SSSR count). The first kappa shape index (κ1) is 15.9. The molecule has 1 amide bonds. The number of aliphatic carboxylic acids is 1. The lowest BCUT2D eigenvalue weighted by Crippen LogP contribution is -2.39. The minimum absolute atomic E-state index is 0.0208. The molecule has 0 spiro atoms. The summed E-state index contributed by atoms with van der Waals surface area (Å²) in [5, 5.41) is 10.9. The molecule has 1 atom stereocenters. The van der Waals surface area contributed by atoms with Crippen LogP contribution >= 0.6 is 15.9 Å². The zero-order valence-electron chi connectivity index (χ0n) is 11.3. The number of carboxylic acid groups (broad SMARTS) is 1. The van der Waals surface area contributed by atoms with Crippen LogP contribution in [0.5, 0.6) is 0 Å². The van der Waals surface area contributed by atoms with Crippen molar-refractivity contribution in [2.75, 3.05) is 19.6 Å². The monoisotopic (exact) mass is 358 g/mol. The van der Waals surface area contributed by atoms with Gasteiger partial charge in [-0.1, -0.05) is 15.9 Å². The van der Waals surface area contributed by atoms with Crippen molar-refractivity contribution in [3.8, 4) is 0 Å². The van der Waals surface area contributed by atoms with Crippen molar-refractivity contribution in [1.82, 2.24) is 10.2 Å². The standard InChI is InChI=1S/C14H16BrFN2O3/c15-10-4-9(5-11(16)6-10)12-2-1-3-18(12)8-13(19)17-7-14(20)21/h4-6,12H,1-3,7-8H2,(H,17,19)(H,20,21). The van der Waals surface area contributed by atoms with Crippen LogP contribution in [0.2, 0.25) is 0 Å².